The molecular weight excluding hydrogens is 202 g/mol. The molecule has 0 amide bonds. The topological polar surface area (TPSA) is 30.5 Å². The van der Waals surface area contributed by atoms with Gasteiger partial charge in [-0.15, -0.1) is 0 Å². The van der Waals surface area contributed by atoms with Gasteiger partial charge in [-0.25, -0.2) is 0 Å². The average Bonchev–Trinajstić information content (AvgIpc) is 3.13. The largest absolute Gasteiger partial charge is 0.381 e. The maximum atomic E-state index is 5.71. The first-order chi connectivity index (χ1) is 7.95. The van der Waals surface area contributed by atoms with Crippen LogP contribution in [0.25, 0.3) is 0 Å². The molecule has 1 heterocycles. The van der Waals surface area contributed by atoms with Gasteiger partial charge in [0.2, 0.25) is 0 Å². The summed E-state index contributed by atoms with van der Waals surface area (Å²) in [6, 6.07) is 0.850. The lowest BCUT2D eigenvalue weighted by Gasteiger charge is -2.21. The van der Waals surface area contributed by atoms with Crippen molar-refractivity contribution < 1.29 is 9.47 Å². The maximum Gasteiger partial charge on any atom is 0.0495 e. The Morgan fingerprint density at radius 3 is 2.62 bits per heavy atom. The maximum absolute atomic E-state index is 5.71. The fraction of sp³-hybridized carbons (Fsp3) is 1.00. The first-order valence-corrected chi connectivity index (χ1v) is 6.84. The van der Waals surface area contributed by atoms with E-state index in [4.69, 9.17) is 9.47 Å². The first kappa shape index (κ1) is 12.3. The highest BCUT2D eigenvalue weighted by Crippen LogP contribution is 2.18. The SMILES string of the molecule is C(CCOCC1CCOCC1)CNC1CC1. The van der Waals surface area contributed by atoms with E-state index in [9.17, 15) is 0 Å². The second-order valence-electron chi connectivity index (χ2n) is 5.07. The number of unbranched alkanes of at least 4 members (excludes halogenated alkanes) is 1. The number of hydrogen-bond donors (Lipinski definition) is 1. The minimum Gasteiger partial charge on any atom is -0.381 e. The van der Waals surface area contributed by atoms with Crippen LogP contribution in [0.1, 0.15) is 38.5 Å². The Labute approximate surface area is 98.9 Å². The number of rotatable bonds is 8. The summed E-state index contributed by atoms with van der Waals surface area (Å²) in [5.74, 6) is 0.748. The molecule has 2 aliphatic rings. The van der Waals surface area contributed by atoms with Crippen LogP contribution in [0.5, 0.6) is 0 Å². The lowest BCUT2D eigenvalue weighted by molar-refractivity contribution is 0.0199. The molecule has 0 aromatic heterocycles. The fourth-order valence-electron chi connectivity index (χ4n) is 2.09. The molecule has 3 nitrogen and oxygen atoms in total. The summed E-state index contributed by atoms with van der Waals surface area (Å²) in [6.45, 7) is 4.91. The molecule has 0 aromatic rings. The molecule has 2 rings (SSSR count). The van der Waals surface area contributed by atoms with E-state index in [0.717, 1.165) is 38.4 Å². The smallest absolute Gasteiger partial charge is 0.0495 e. The van der Waals surface area contributed by atoms with Crippen LogP contribution in [0.2, 0.25) is 0 Å². The molecular formula is C13H25NO2. The normalized spacial score (nSPS) is 22.5. The van der Waals surface area contributed by atoms with Crippen molar-refractivity contribution in [3.63, 3.8) is 0 Å². The van der Waals surface area contributed by atoms with Crippen molar-refractivity contribution in [3.8, 4) is 0 Å². The van der Waals surface area contributed by atoms with Crippen LogP contribution < -0.4 is 5.32 Å². The summed E-state index contributed by atoms with van der Waals surface area (Å²) in [6.07, 6.45) is 7.60. The summed E-state index contributed by atoms with van der Waals surface area (Å²) in [4.78, 5) is 0. The van der Waals surface area contributed by atoms with E-state index in [-0.39, 0.29) is 0 Å². The van der Waals surface area contributed by atoms with Crippen LogP contribution in [0, 0.1) is 5.92 Å². The van der Waals surface area contributed by atoms with E-state index >= 15 is 0 Å². The Hall–Kier alpha value is -0.120. The summed E-state index contributed by atoms with van der Waals surface area (Å²) in [7, 11) is 0. The molecule has 0 atom stereocenters. The van der Waals surface area contributed by atoms with Crippen LogP contribution in [-0.4, -0.2) is 39.0 Å². The Kier molecular flexibility index (Phi) is 5.59. The molecule has 2 fully saturated rings. The van der Waals surface area contributed by atoms with E-state index in [1.165, 1.54) is 45.1 Å². The lowest BCUT2D eigenvalue weighted by Crippen LogP contribution is -2.21. The van der Waals surface area contributed by atoms with Crippen molar-refractivity contribution >= 4 is 0 Å². The minimum absolute atomic E-state index is 0.748. The molecule has 0 bridgehead atoms. The first-order valence-electron chi connectivity index (χ1n) is 6.84. The Morgan fingerprint density at radius 2 is 1.88 bits per heavy atom. The molecule has 94 valence electrons. The quantitative estimate of drug-likeness (QED) is 0.643. The van der Waals surface area contributed by atoms with Gasteiger partial charge in [-0.2, -0.15) is 0 Å². The third kappa shape index (κ3) is 5.28. The molecule has 1 aliphatic heterocycles. The molecule has 0 aromatic carbocycles. The third-order valence-electron chi connectivity index (χ3n) is 3.42. The Morgan fingerprint density at radius 1 is 1.06 bits per heavy atom. The van der Waals surface area contributed by atoms with Crippen molar-refractivity contribution in [2.75, 3.05) is 33.0 Å². The van der Waals surface area contributed by atoms with Crippen LogP contribution in [-0.2, 0) is 9.47 Å². The fourth-order valence-corrected chi connectivity index (χ4v) is 2.09. The molecule has 0 radical (unpaired) electrons. The average molecular weight is 227 g/mol. The van der Waals surface area contributed by atoms with E-state index in [0.29, 0.717) is 0 Å². The number of hydrogen-bond acceptors (Lipinski definition) is 3. The predicted molar refractivity (Wildman–Crippen MR) is 64.6 cm³/mol. The number of ether oxygens (including phenoxy) is 2. The van der Waals surface area contributed by atoms with E-state index in [1.807, 2.05) is 0 Å². The van der Waals surface area contributed by atoms with E-state index < -0.39 is 0 Å². The molecule has 1 saturated carbocycles. The van der Waals surface area contributed by atoms with Gasteiger partial charge in [0.1, 0.15) is 0 Å². The molecule has 1 saturated heterocycles. The summed E-state index contributed by atoms with van der Waals surface area (Å²) in [5.41, 5.74) is 0. The molecule has 0 unspecified atom stereocenters. The van der Waals surface area contributed by atoms with Crippen LogP contribution in [0.4, 0.5) is 0 Å². The van der Waals surface area contributed by atoms with Crippen LogP contribution in [0.15, 0.2) is 0 Å². The van der Waals surface area contributed by atoms with Gasteiger partial charge in [0, 0.05) is 32.5 Å². The molecule has 16 heavy (non-hydrogen) atoms. The number of nitrogens with one attached hydrogen (secondary N) is 1. The molecule has 1 aliphatic carbocycles. The van der Waals surface area contributed by atoms with Crippen molar-refractivity contribution in [1.82, 2.24) is 5.32 Å². The van der Waals surface area contributed by atoms with Gasteiger partial charge in [0.05, 0.1) is 0 Å². The Bertz CT molecular complexity index is 177. The highest BCUT2D eigenvalue weighted by molar-refractivity contribution is 4.80. The molecule has 1 N–H and O–H groups in total. The highest BCUT2D eigenvalue weighted by Gasteiger charge is 2.19. The molecule has 0 spiro atoms. The minimum atomic E-state index is 0.748. The highest BCUT2D eigenvalue weighted by atomic mass is 16.5. The van der Waals surface area contributed by atoms with Gasteiger partial charge in [-0.05, 0) is 51.0 Å². The van der Waals surface area contributed by atoms with Crippen LogP contribution in [0.3, 0.4) is 0 Å². The van der Waals surface area contributed by atoms with Gasteiger partial charge in [0.15, 0.2) is 0 Å². The van der Waals surface area contributed by atoms with Gasteiger partial charge in [0.25, 0.3) is 0 Å². The second kappa shape index (κ2) is 7.25. The Balaban J connectivity index is 1.33. The zero-order chi connectivity index (χ0) is 11.1. The standard InChI is InChI=1S/C13H25NO2/c1(7-14-13-3-4-13)2-8-16-11-12-5-9-15-10-6-12/h12-14H,1-11H2. The zero-order valence-electron chi connectivity index (χ0n) is 10.2. The van der Waals surface area contributed by atoms with Crippen LogP contribution >= 0.6 is 0 Å². The van der Waals surface area contributed by atoms with E-state index in [1.54, 1.807) is 0 Å². The van der Waals surface area contributed by atoms with Gasteiger partial charge in [-0.1, -0.05) is 0 Å². The van der Waals surface area contributed by atoms with Gasteiger partial charge in [-0.3, -0.25) is 0 Å². The lowest BCUT2D eigenvalue weighted by atomic mass is 10.0. The second-order valence-corrected chi connectivity index (χ2v) is 5.07. The monoisotopic (exact) mass is 227 g/mol. The predicted octanol–water partition coefficient (Wildman–Crippen LogP) is 1.96. The van der Waals surface area contributed by atoms with Gasteiger partial charge < -0.3 is 14.8 Å². The van der Waals surface area contributed by atoms with Crippen molar-refractivity contribution in [2.24, 2.45) is 5.92 Å². The summed E-state index contributed by atoms with van der Waals surface area (Å²) >= 11 is 0. The van der Waals surface area contributed by atoms with Crippen molar-refractivity contribution in [1.29, 1.82) is 0 Å². The van der Waals surface area contributed by atoms with Crippen molar-refractivity contribution in [3.05, 3.63) is 0 Å². The molecule has 3 heteroatoms. The third-order valence-corrected chi connectivity index (χ3v) is 3.42. The summed E-state index contributed by atoms with van der Waals surface area (Å²) < 4.78 is 11.0. The van der Waals surface area contributed by atoms with E-state index in [2.05, 4.69) is 5.32 Å². The zero-order valence-corrected chi connectivity index (χ0v) is 10.2. The van der Waals surface area contributed by atoms with Gasteiger partial charge >= 0.3 is 0 Å². The van der Waals surface area contributed by atoms with Crippen molar-refractivity contribution in [2.45, 2.75) is 44.6 Å². The summed E-state index contributed by atoms with van der Waals surface area (Å²) in [5, 5.41) is 3.52.